The van der Waals surface area contributed by atoms with Crippen molar-refractivity contribution >= 4 is 5.69 Å². The van der Waals surface area contributed by atoms with Crippen LogP contribution in [0.1, 0.15) is 24.0 Å². The number of aryl methyl sites for hydroxylation is 1. The summed E-state index contributed by atoms with van der Waals surface area (Å²) >= 11 is 0. The van der Waals surface area contributed by atoms with E-state index in [-0.39, 0.29) is 5.60 Å². The van der Waals surface area contributed by atoms with Crippen LogP contribution in [0.3, 0.4) is 0 Å². The second-order valence-corrected chi connectivity index (χ2v) is 6.96. The van der Waals surface area contributed by atoms with E-state index >= 15 is 0 Å². The number of hydrogen-bond donors (Lipinski definition) is 1. The van der Waals surface area contributed by atoms with Gasteiger partial charge in [0.1, 0.15) is 11.4 Å². The fourth-order valence-corrected chi connectivity index (χ4v) is 3.62. The third-order valence-corrected chi connectivity index (χ3v) is 5.06. The van der Waals surface area contributed by atoms with Crippen LogP contribution < -0.4 is 10.1 Å². The number of ether oxygens (including phenoxy) is 1. The maximum atomic E-state index is 6.34. The first-order valence-corrected chi connectivity index (χ1v) is 8.34. The third-order valence-electron chi connectivity index (χ3n) is 5.06. The second kappa shape index (κ2) is 5.57. The van der Waals surface area contributed by atoms with Crippen molar-refractivity contribution in [2.45, 2.75) is 31.4 Å². The van der Waals surface area contributed by atoms with Crippen molar-refractivity contribution in [3.63, 3.8) is 0 Å². The number of hydrogen-bond acceptors (Lipinski definition) is 4. The van der Waals surface area contributed by atoms with Gasteiger partial charge >= 0.3 is 0 Å². The Bertz CT molecular complexity index is 701. The maximum absolute atomic E-state index is 6.34. The summed E-state index contributed by atoms with van der Waals surface area (Å²) in [7, 11) is 4.12. The molecule has 0 amide bonds. The average Bonchev–Trinajstić information content (AvgIpc) is 3.11. The topological polar surface area (TPSA) is 42.3 Å². The van der Waals surface area contributed by atoms with Gasteiger partial charge in [-0.3, -0.25) is 4.68 Å². The monoisotopic (exact) mass is 312 g/mol. The first-order chi connectivity index (χ1) is 11.1. The molecule has 1 N–H and O–H groups in total. The van der Waals surface area contributed by atoms with Gasteiger partial charge in [-0.1, -0.05) is 12.1 Å². The molecule has 0 unspecified atom stereocenters. The molecule has 4 rings (SSSR count). The smallest absolute Gasteiger partial charge is 0.123 e. The second-order valence-electron chi connectivity index (χ2n) is 6.96. The predicted molar refractivity (Wildman–Crippen MR) is 90.8 cm³/mol. The van der Waals surface area contributed by atoms with Crippen LogP contribution in [-0.2, 0) is 20.0 Å². The Hall–Kier alpha value is -2.01. The normalized spacial score (nSPS) is 19.6. The highest BCUT2D eigenvalue weighted by Crippen LogP contribution is 2.41. The summed E-state index contributed by atoms with van der Waals surface area (Å²) in [5.41, 5.74) is 3.75. The van der Waals surface area contributed by atoms with Crippen molar-refractivity contribution in [1.82, 2.24) is 14.7 Å². The van der Waals surface area contributed by atoms with Crippen LogP contribution in [0.5, 0.6) is 5.75 Å². The van der Waals surface area contributed by atoms with Crippen LogP contribution in [0, 0.1) is 0 Å². The van der Waals surface area contributed by atoms with Gasteiger partial charge in [-0.05, 0) is 24.2 Å². The predicted octanol–water partition coefficient (Wildman–Crippen LogP) is 2.43. The largest absolute Gasteiger partial charge is 0.487 e. The molecular formula is C18H24N4O. The number of benzene rings is 1. The van der Waals surface area contributed by atoms with Crippen LogP contribution >= 0.6 is 0 Å². The molecule has 0 bridgehead atoms. The molecule has 2 aromatic rings. The minimum atomic E-state index is 0.0459. The van der Waals surface area contributed by atoms with E-state index in [9.17, 15) is 0 Å². The van der Waals surface area contributed by atoms with Crippen molar-refractivity contribution in [1.29, 1.82) is 0 Å². The molecule has 2 aliphatic rings. The van der Waals surface area contributed by atoms with E-state index in [1.807, 2.05) is 24.1 Å². The highest BCUT2D eigenvalue weighted by molar-refractivity contribution is 5.44. The molecule has 1 spiro atoms. The highest BCUT2D eigenvalue weighted by atomic mass is 16.5. The van der Waals surface area contributed by atoms with Gasteiger partial charge < -0.3 is 15.0 Å². The van der Waals surface area contributed by atoms with E-state index in [1.165, 1.54) is 11.1 Å². The molecule has 5 heteroatoms. The number of rotatable bonds is 3. The van der Waals surface area contributed by atoms with Crippen LogP contribution in [0.2, 0.25) is 0 Å². The first kappa shape index (κ1) is 14.6. The molecule has 0 aliphatic carbocycles. The summed E-state index contributed by atoms with van der Waals surface area (Å²) in [5.74, 6) is 1.08. The van der Waals surface area contributed by atoms with Gasteiger partial charge in [0.05, 0.1) is 11.9 Å². The molecule has 23 heavy (non-hydrogen) atoms. The number of piperidine rings is 1. The zero-order valence-electron chi connectivity index (χ0n) is 13.9. The zero-order chi connectivity index (χ0) is 15.9. The van der Waals surface area contributed by atoms with Crippen LogP contribution in [-0.4, -0.2) is 40.4 Å². The van der Waals surface area contributed by atoms with E-state index in [1.54, 1.807) is 0 Å². The molecule has 1 aromatic heterocycles. The molecule has 0 atom stereocenters. The molecule has 122 valence electrons. The summed E-state index contributed by atoms with van der Waals surface area (Å²) in [6, 6.07) is 6.60. The Balaban J connectivity index is 1.44. The standard InChI is InChI=1S/C18H24N4O/c1-21-7-5-18(6-8-21)10-15-9-14(3-4-17(15)23-18)11-19-16-12-20-22(2)13-16/h3-4,9,12-13,19H,5-8,10-11H2,1-2H3. The van der Waals surface area contributed by atoms with Crippen molar-refractivity contribution in [3.8, 4) is 5.75 Å². The van der Waals surface area contributed by atoms with Crippen LogP contribution in [0.4, 0.5) is 5.69 Å². The lowest BCUT2D eigenvalue weighted by Crippen LogP contribution is -2.45. The Morgan fingerprint density at radius 2 is 2.09 bits per heavy atom. The summed E-state index contributed by atoms with van der Waals surface area (Å²) in [6.45, 7) is 3.07. The molecule has 2 aliphatic heterocycles. The minimum absolute atomic E-state index is 0.0459. The highest BCUT2D eigenvalue weighted by Gasteiger charge is 2.41. The number of likely N-dealkylation sites (tertiary alicyclic amines) is 1. The van der Waals surface area contributed by atoms with Crippen molar-refractivity contribution < 1.29 is 4.74 Å². The van der Waals surface area contributed by atoms with E-state index in [0.29, 0.717) is 0 Å². The quantitative estimate of drug-likeness (QED) is 0.945. The fourth-order valence-electron chi connectivity index (χ4n) is 3.62. The van der Waals surface area contributed by atoms with Gasteiger partial charge in [-0.2, -0.15) is 5.10 Å². The molecule has 0 radical (unpaired) electrons. The van der Waals surface area contributed by atoms with Crippen molar-refractivity contribution in [2.75, 3.05) is 25.5 Å². The SMILES string of the molecule is CN1CCC2(CC1)Cc1cc(CNc3cnn(C)c3)ccc1O2. The summed E-state index contributed by atoms with van der Waals surface area (Å²) in [6.07, 6.45) is 7.15. The molecule has 3 heterocycles. The Morgan fingerprint density at radius 3 is 2.83 bits per heavy atom. The third kappa shape index (κ3) is 2.93. The summed E-state index contributed by atoms with van der Waals surface area (Å²) in [5, 5.41) is 7.60. The van der Waals surface area contributed by atoms with Crippen LogP contribution in [0.15, 0.2) is 30.6 Å². The Morgan fingerprint density at radius 1 is 1.26 bits per heavy atom. The number of anilines is 1. The lowest BCUT2D eigenvalue weighted by Gasteiger charge is -2.37. The fraction of sp³-hybridized carbons (Fsp3) is 0.500. The van der Waals surface area contributed by atoms with E-state index < -0.39 is 0 Å². The van der Waals surface area contributed by atoms with Gasteiger partial charge in [-0.25, -0.2) is 0 Å². The molecular weight excluding hydrogens is 288 g/mol. The minimum Gasteiger partial charge on any atom is -0.487 e. The van der Waals surface area contributed by atoms with Gasteiger partial charge in [0.25, 0.3) is 0 Å². The first-order valence-electron chi connectivity index (χ1n) is 8.34. The lowest BCUT2D eigenvalue weighted by molar-refractivity contribution is 0.0271. The van der Waals surface area contributed by atoms with Crippen molar-refractivity contribution in [2.24, 2.45) is 7.05 Å². The summed E-state index contributed by atoms with van der Waals surface area (Å²) in [4.78, 5) is 2.39. The maximum Gasteiger partial charge on any atom is 0.123 e. The van der Waals surface area contributed by atoms with Gasteiger partial charge in [0.15, 0.2) is 0 Å². The van der Waals surface area contributed by atoms with Gasteiger partial charge in [0, 0.05) is 52.1 Å². The van der Waals surface area contributed by atoms with Crippen molar-refractivity contribution in [3.05, 3.63) is 41.7 Å². The lowest BCUT2D eigenvalue weighted by atomic mass is 9.87. The molecule has 1 saturated heterocycles. The number of nitrogens with zero attached hydrogens (tertiary/aromatic N) is 3. The molecule has 0 saturated carbocycles. The summed E-state index contributed by atoms with van der Waals surface area (Å²) < 4.78 is 8.15. The van der Waals surface area contributed by atoms with Crippen LogP contribution in [0.25, 0.3) is 0 Å². The van der Waals surface area contributed by atoms with Gasteiger partial charge in [-0.15, -0.1) is 0 Å². The molecule has 1 aromatic carbocycles. The average molecular weight is 312 g/mol. The Labute approximate surface area is 137 Å². The van der Waals surface area contributed by atoms with E-state index in [0.717, 1.165) is 50.3 Å². The Kier molecular flexibility index (Phi) is 3.53. The van der Waals surface area contributed by atoms with E-state index in [4.69, 9.17) is 4.74 Å². The number of fused-ring (bicyclic) bond motifs is 1. The van der Waals surface area contributed by atoms with Gasteiger partial charge in [0.2, 0.25) is 0 Å². The number of nitrogens with one attached hydrogen (secondary N) is 1. The molecule has 1 fully saturated rings. The van der Waals surface area contributed by atoms with E-state index in [2.05, 4.69) is 40.6 Å². The molecule has 5 nitrogen and oxygen atoms in total. The zero-order valence-corrected chi connectivity index (χ0v) is 13.9. The number of aromatic nitrogens is 2.